The van der Waals surface area contributed by atoms with Crippen molar-refractivity contribution in [3.63, 3.8) is 0 Å². The molecule has 0 saturated heterocycles. The number of hydrogen-bond donors (Lipinski definition) is 2. The van der Waals surface area contributed by atoms with E-state index in [1.807, 2.05) is 72.8 Å². The lowest BCUT2D eigenvalue weighted by Crippen LogP contribution is -2.24. The van der Waals surface area contributed by atoms with Gasteiger partial charge in [-0.25, -0.2) is 4.98 Å². The molecule has 0 aliphatic carbocycles. The van der Waals surface area contributed by atoms with Gasteiger partial charge in [-0.05, 0) is 65.8 Å². The maximum Gasteiger partial charge on any atom is 0.296 e. The predicted molar refractivity (Wildman–Crippen MR) is 175 cm³/mol. The van der Waals surface area contributed by atoms with Gasteiger partial charge in [0.2, 0.25) is 0 Å². The number of para-hydroxylation sites is 1. The number of nitrogens with one attached hydrogen (secondary N) is 2. The number of pyridine rings is 1. The molecule has 0 atom stereocenters. The summed E-state index contributed by atoms with van der Waals surface area (Å²) in [5.74, 6) is -0.0465. The second-order valence-electron chi connectivity index (χ2n) is 11.3. The van der Waals surface area contributed by atoms with Gasteiger partial charge in [-0.2, -0.15) is 0 Å². The number of amides is 1. The molecule has 7 nitrogen and oxygen atoms in total. The fourth-order valence-corrected chi connectivity index (χ4v) is 5.06. The molecule has 0 bridgehead atoms. The lowest BCUT2D eigenvalue weighted by atomic mass is 9.87. The molecule has 5 rings (SSSR count). The van der Waals surface area contributed by atoms with Crippen LogP contribution in [0.25, 0.3) is 10.8 Å². The molecule has 0 spiro atoms. The van der Waals surface area contributed by atoms with E-state index in [9.17, 15) is 9.59 Å². The van der Waals surface area contributed by atoms with Crippen LogP contribution in [0.2, 0.25) is 0 Å². The summed E-state index contributed by atoms with van der Waals surface area (Å²) >= 11 is 0. The molecule has 7 heteroatoms. The normalized spacial score (nSPS) is 11.2. The molecule has 1 heterocycles. The Labute approximate surface area is 252 Å². The summed E-state index contributed by atoms with van der Waals surface area (Å²) in [6.07, 6.45) is 1.77. The summed E-state index contributed by atoms with van der Waals surface area (Å²) in [6.45, 7) is 9.11. The van der Waals surface area contributed by atoms with E-state index in [1.165, 1.54) is 7.11 Å². The molecule has 2 N–H and O–H groups in total. The largest absolute Gasteiger partial charge is 0.495 e. The molecule has 0 aliphatic heterocycles. The maximum absolute atomic E-state index is 13.5. The fourth-order valence-electron chi connectivity index (χ4n) is 5.06. The number of anilines is 5. The van der Waals surface area contributed by atoms with Crippen molar-refractivity contribution in [3.8, 4) is 5.75 Å². The molecule has 0 saturated carbocycles. The number of methoxy groups -OCH3 is 1. The van der Waals surface area contributed by atoms with Gasteiger partial charge >= 0.3 is 0 Å². The van der Waals surface area contributed by atoms with Crippen molar-refractivity contribution >= 4 is 51.0 Å². The Bertz CT molecular complexity index is 1780. The molecule has 43 heavy (non-hydrogen) atoms. The minimum Gasteiger partial charge on any atom is -0.495 e. The second kappa shape index (κ2) is 12.4. The highest BCUT2D eigenvalue weighted by molar-refractivity contribution is 6.48. The molecule has 0 radical (unpaired) electrons. The number of nitrogens with zero attached hydrogens (tertiary/aromatic N) is 2. The van der Waals surface area contributed by atoms with Gasteiger partial charge in [0.05, 0.1) is 12.8 Å². The van der Waals surface area contributed by atoms with Crippen molar-refractivity contribution in [2.75, 3.05) is 29.2 Å². The van der Waals surface area contributed by atoms with Gasteiger partial charge in [0, 0.05) is 46.8 Å². The van der Waals surface area contributed by atoms with Crippen LogP contribution in [0.15, 0.2) is 103 Å². The molecule has 0 aliphatic rings. The van der Waals surface area contributed by atoms with Crippen LogP contribution >= 0.6 is 0 Å². The van der Waals surface area contributed by atoms with Crippen molar-refractivity contribution in [1.29, 1.82) is 0 Å². The van der Waals surface area contributed by atoms with Crippen molar-refractivity contribution in [3.05, 3.63) is 114 Å². The first-order valence-corrected chi connectivity index (χ1v) is 14.3. The van der Waals surface area contributed by atoms with Crippen molar-refractivity contribution in [1.82, 2.24) is 4.98 Å². The first-order valence-electron chi connectivity index (χ1n) is 14.3. The Kier molecular flexibility index (Phi) is 8.44. The van der Waals surface area contributed by atoms with Gasteiger partial charge in [0.15, 0.2) is 0 Å². The van der Waals surface area contributed by atoms with E-state index in [2.05, 4.69) is 60.3 Å². The van der Waals surface area contributed by atoms with E-state index in [0.717, 1.165) is 40.4 Å². The summed E-state index contributed by atoms with van der Waals surface area (Å²) in [7, 11) is 1.54. The monoisotopic (exact) mass is 572 g/mol. The minimum atomic E-state index is -0.727. The Morgan fingerprint density at radius 2 is 1.56 bits per heavy atom. The number of aromatic nitrogens is 1. The number of hydrogen-bond acceptors (Lipinski definition) is 6. The van der Waals surface area contributed by atoms with Gasteiger partial charge in [-0.1, -0.05) is 69.3 Å². The SMILES string of the molecule is CCN(c1ccccc1)c1cc(Nc2ccc(C(=O)C(=O)Nc3cc(C(C)(C)C)ccc3OC)c3ccccc23)ccn1. The number of carbonyl (C=O) groups is 2. The number of Topliss-reactive ketones (excluding diaryl/α,β-unsaturated/α-hetero) is 1. The van der Waals surface area contributed by atoms with E-state index >= 15 is 0 Å². The molecule has 218 valence electrons. The molecule has 1 aromatic heterocycles. The van der Waals surface area contributed by atoms with Gasteiger partial charge < -0.3 is 20.3 Å². The maximum atomic E-state index is 13.5. The number of carbonyl (C=O) groups excluding carboxylic acids is 2. The van der Waals surface area contributed by atoms with Crippen LogP contribution in [0.3, 0.4) is 0 Å². The molecule has 0 fully saturated rings. The lowest BCUT2D eigenvalue weighted by Gasteiger charge is -2.23. The second-order valence-corrected chi connectivity index (χ2v) is 11.3. The highest BCUT2D eigenvalue weighted by Gasteiger charge is 2.23. The number of rotatable bonds is 9. The summed E-state index contributed by atoms with van der Waals surface area (Å²) in [6, 6.07) is 30.7. The summed E-state index contributed by atoms with van der Waals surface area (Å²) in [5.41, 5.74) is 4.38. The first-order chi connectivity index (χ1) is 20.7. The van der Waals surface area contributed by atoms with Crippen molar-refractivity contribution in [2.45, 2.75) is 33.1 Å². The standard InChI is InChI=1S/C36H36N4O3/c1-6-40(26-12-8-7-9-13-26)33-23-25(20-21-37-33)38-30-18-17-29(27-14-10-11-15-28(27)30)34(41)35(42)39-31-22-24(36(2,3)4)16-19-32(31)43-5/h7-23H,6H2,1-5H3,(H,37,38)(H,39,42). The molecule has 1 amide bonds. The molecule has 5 aromatic rings. The van der Waals surface area contributed by atoms with Gasteiger partial charge in [0.1, 0.15) is 11.6 Å². The third-order valence-electron chi connectivity index (χ3n) is 7.37. The zero-order valence-electron chi connectivity index (χ0n) is 25.1. The van der Waals surface area contributed by atoms with E-state index < -0.39 is 11.7 Å². The van der Waals surface area contributed by atoms with Crippen LogP contribution in [0.5, 0.6) is 5.75 Å². The summed E-state index contributed by atoms with van der Waals surface area (Å²) in [4.78, 5) is 33.5. The Morgan fingerprint density at radius 3 is 2.26 bits per heavy atom. The Balaban J connectivity index is 1.43. The Hall–Kier alpha value is -5.17. The third kappa shape index (κ3) is 6.36. The average Bonchev–Trinajstić information content (AvgIpc) is 3.01. The van der Waals surface area contributed by atoms with Crippen molar-refractivity contribution in [2.24, 2.45) is 0 Å². The van der Waals surface area contributed by atoms with Crippen LogP contribution in [-0.4, -0.2) is 30.3 Å². The van der Waals surface area contributed by atoms with E-state index in [4.69, 9.17) is 4.74 Å². The molecular formula is C36H36N4O3. The van der Waals surface area contributed by atoms with E-state index in [1.54, 1.807) is 18.3 Å². The smallest absolute Gasteiger partial charge is 0.296 e. The highest BCUT2D eigenvalue weighted by atomic mass is 16.5. The van der Waals surface area contributed by atoms with Gasteiger partial charge in [0.25, 0.3) is 11.7 Å². The average molecular weight is 573 g/mol. The number of benzene rings is 4. The zero-order chi connectivity index (χ0) is 30.6. The van der Waals surface area contributed by atoms with Gasteiger partial charge in [-0.15, -0.1) is 0 Å². The van der Waals surface area contributed by atoms with E-state index in [0.29, 0.717) is 22.4 Å². The van der Waals surface area contributed by atoms with Crippen LogP contribution in [0.1, 0.15) is 43.6 Å². The third-order valence-corrected chi connectivity index (χ3v) is 7.37. The van der Waals surface area contributed by atoms with Crippen LogP contribution in [-0.2, 0) is 10.2 Å². The summed E-state index contributed by atoms with van der Waals surface area (Å²) in [5, 5.41) is 7.78. The molecule has 4 aromatic carbocycles. The topological polar surface area (TPSA) is 83.6 Å². The van der Waals surface area contributed by atoms with Crippen molar-refractivity contribution < 1.29 is 14.3 Å². The minimum absolute atomic E-state index is 0.138. The Morgan fingerprint density at radius 1 is 0.837 bits per heavy atom. The van der Waals surface area contributed by atoms with Crippen LogP contribution in [0.4, 0.5) is 28.6 Å². The fraction of sp³-hybridized carbons (Fsp3) is 0.194. The quantitative estimate of drug-likeness (QED) is 0.137. The summed E-state index contributed by atoms with van der Waals surface area (Å²) < 4.78 is 5.46. The highest BCUT2D eigenvalue weighted by Crippen LogP contribution is 2.34. The number of fused-ring (bicyclic) bond motifs is 1. The van der Waals surface area contributed by atoms with Crippen LogP contribution in [0, 0.1) is 0 Å². The van der Waals surface area contributed by atoms with E-state index in [-0.39, 0.29) is 5.41 Å². The predicted octanol–water partition coefficient (Wildman–Crippen LogP) is 8.26. The number of ether oxygens (including phenoxy) is 1. The molecule has 0 unspecified atom stereocenters. The zero-order valence-corrected chi connectivity index (χ0v) is 25.1. The number of ketones is 1. The van der Waals surface area contributed by atoms with Gasteiger partial charge in [-0.3, -0.25) is 9.59 Å². The lowest BCUT2D eigenvalue weighted by molar-refractivity contribution is -0.112. The van der Waals surface area contributed by atoms with Crippen LogP contribution < -0.4 is 20.3 Å². The first kappa shape index (κ1) is 29.3. The molecular weight excluding hydrogens is 536 g/mol.